The minimum atomic E-state index is -3.56. The summed E-state index contributed by atoms with van der Waals surface area (Å²) >= 11 is 0. The molecule has 0 amide bonds. The fraction of sp³-hybridized carbons (Fsp3) is 0.400. The highest BCUT2D eigenvalue weighted by molar-refractivity contribution is 7.91. The van der Waals surface area contributed by atoms with Crippen molar-refractivity contribution in [1.82, 2.24) is 0 Å². The molecule has 1 aliphatic heterocycles. The summed E-state index contributed by atoms with van der Waals surface area (Å²) in [7, 11) is -3.56. The molecule has 0 aliphatic carbocycles. The molecule has 7 nitrogen and oxygen atoms in total. The first-order chi connectivity index (χ1) is 8.49. The van der Waals surface area contributed by atoms with Crippen molar-refractivity contribution in [2.75, 3.05) is 19.0 Å². The van der Waals surface area contributed by atoms with E-state index < -0.39 is 21.1 Å². The topological polar surface area (TPSA) is 95.7 Å². The van der Waals surface area contributed by atoms with E-state index in [9.17, 15) is 18.5 Å². The second kappa shape index (κ2) is 5.01. The molecule has 1 saturated heterocycles. The zero-order valence-corrected chi connectivity index (χ0v) is 10.1. The highest BCUT2D eigenvalue weighted by atomic mass is 32.2. The van der Waals surface area contributed by atoms with Gasteiger partial charge in [-0.1, -0.05) is 0 Å². The molecule has 0 aromatic heterocycles. The summed E-state index contributed by atoms with van der Waals surface area (Å²) in [4.78, 5) is 9.89. The number of hydrogen-bond donors (Lipinski definition) is 0. The maximum Gasteiger partial charge on any atom is 0.269 e. The Kier molecular flexibility index (Phi) is 3.60. The minimum absolute atomic E-state index is 0.0206. The molecular weight excluding hydrogens is 262 g/mol. The number of benzene rings is 1. The van der Waals surface area contributed by atoms with Crippen LogP contribution in [0.15, 0.2) is 29.2 Å². The number of nitrogens with zero attached hydrogens (tertiary/aromatic N) is 1. The molecule has 0 saturated carbocycles. The van der Waals surface area contributed by atoms with Crippen molar-refractivity contribution in [3.05, 3.63) is 34.4 Å². The monoisotopic (exact) mass is 273 g/mol. The van der Waals surface area contributed by atoms with Crippen LogP contribution in [0, 0.1) is 10.1 Å². The van der Waals surface area contributed by atoms with Crippen LogP contribution in [-0.4, -0.2) is 38.6 Å². The number of ether oxygens (including phenoxy) is 2. The second-order valence-corrected chi connectivity index (χ2v) is 5.74. The van der Waals surface area contributed by atoms with Crippen molar-refractivity contribution >= 4 is 15.5 Å². The van der Waals surface area contributed by atoms with E-state index in [-0.39, 0.29) is 16.3 Å². The van der Waals surface area contributed by atoms with Crippen LogP contribution in [0.2, 0.25) is 0 Å². The van der Waals surface area contributed by atoms with Crippen LogP contribution in [-0.2, 0) is 19.3 Å². The lowest BCUT2D eigenvalue weighted by Gasteiger charge is -2.09. The third-order valence-corrected chi connectivity index (χ3v) is 4.15. The van der Waals surface area contributed by atoms with E-state index in [4.69, 9.17) is 9.47 Å². The van der Waals surface area contributed by atoms with Gasteiger partial charge in [0.1, 0.15) is 5.75 Å². The molecule has 1 aromatic carbocycles. The Balaban J connectivity index is 2.16. The average molecular weight is 273 g/mol. The molecule has 1 heterocycles. The second-order valence-electron chi connectivity index (χ2n) is 3.70. The Labute approximate surface area is 103 Å². The molecule has 18 heavy (non-hydrogen) atoms. The Hall–Kier alpha value is -1.51. The van der Waals surface area contributed by atoms with Crippen LogP contribution >= 0.6 is 0 Å². The first-order valence-corrected chi connectivity index (χ1v) is 6.85. The molecular formula is C10H11NO6S. The summed E-state index contributed by atoms with van der Waals surface area (Å²) in [6.07, 6.45) is -0.759. The van der Waals surface area contributed by atoms with Crippen LogP contribution in [0.1, 0.15) is 0 Å². The highest BCUT2D eigenvalue weighted by Crippen LogP contribution is 2.19. The number of rotatable bonds is 4. The Morgan fingerprint density at radius 2 is 1.78 bits per heavy atom. The number of nitro benzene ring substituents is 1. The molecule has 8 heteroatoms. The normalized spacial score (nSPS) is 16.9. The van der Waals surface area contributed by atoms with Crippen molar-refractivity contribution in [1.29, 1.82) is 0 Å². The van der Waals surface area contributed by atoms with Gasteiger partial charge in [-0.3, -0.25) is 10.1 Å². The van der Waals surface area contributed by atoms with Crippen molar-refractivity contribution < 1.29 is 22.8 Å². The molecule has 0 atom stereocenters. The van der Waals surface area contributed by atoms with Gasteiger partial charge in [-0.15, -0.1) is 0 Å². The quantitative estimate of drug-likeness (QED) is 0.593. The molecule has 1 fully saturated rings. The smallest absolute Gasteiger partial charge is 0.269 e. The van der Waals surface area contributed by atoms with Gasteiger partial charge >= 0.3 is 0 Å². The fourth-order valence-corrected chi connectivity index (χ4v) is 2.85. The lowest BCUT2D eigenvalue weighted by atomic mass is 10.3. The molecule has 0 radical (unpaired) electrons. The standard InChI is InChI=1S/C10H11NO6S/c12-11(13)8-1-3-9(4-2-8)18(14,15)7-10-16-5-6-17-10/h1-4,10H,5-7H2. The van der Waals surface area contributed by atoms with E-state index in [0.29, 0.717) is 13.2 Å². The lowest BCUT2D eigenvalue weighted by molar-refractivity contribution is -0.384. The van der Waals surface area contributed by atoms with E-state index in [1.165, 1.54) is 12.1 Å². The van der Waals surface area contributed by atoms with Gasteiger partial charge < -0.3 is 9.47 Å². The lowest BCUT2D eigenvalue weighted by Crippen LogP contribution is -2.21. The Morgan fingerprint density at radius 3 is 2.28 bits per heavy atom. The van der Waals surface area contributed by atoms with E-state index in [2.05, 4.69) is 0 Å². The van der Waals surface area contributed by atoms with E-state index >= 15 is 0 Å². The van der Waals surface area contributed by atoms with Gasteiger partial charge in [0.25, 0.3) is 5.69 Å². The summed E-state index contributed by atoms with van der Waals surface area (Å²) in [6.45, 7) is 0.751. The van der Waals surface area contributed by atoms with Crippen LogP contribution in [0.25, 0.3) is 0 Å². The summed E-state index contributed by atoms with van der Waals surface area (Å²) in [6, 6.07) is 4.73. The summed E-state index contributed by atoms with van der Waals surface area (Å²) in [5.74, 6) is -0.287. The van der Waals surface area contributed by atoms with Crippen molar-refractivity contribution in [3.8, 4) is 0 Å². The van der Waals surface area contributed by atoms with E-state index in [0.717, 1.165) is 12.1 Å². The number of sulfone groups is 1. The largest absolute Gasteiger partial charge is 0.349 e. The molecule has 98 valence electrons. The predicted molar refractivity (Wildman–Crippen MR) is 60.8 cm³/mol. The fourth-order valence-electron chi connectivity index (χ4n) is 1.55. The van der Waals surface area contributed by atoms with Gasteiger partial charge in [-0.05, 0) is 12.1 Å². The SMILES string of the molecule is O=[N+]([O-])c1ccc(S(=O)(=O)CC2OCCO2)cc1. The summed E-state index contributed by atoms with van der Waals surface area (Å²) < 4.78 is 34.0. The van der Waals surface area contributed by atoms with Gasteiger partial charge in [-0.25, -0.2) is 8.42 Å². The van der Waals surface area contributed by atoms with E-state index in [1.54, 1.807) is 0 Å². The highest BCUT2D eigenvalue weighted by Gasteiger charge is 2.25. The number of hydrogen-bond acceptors (Lipinski definition) is 6. The van der Waals surface area contributed by atoms with Crippen molar-refractivity contribution in [2.24, 2.45) is 0 Å². The summed E-state index contributed by atoms with van der Waals surface area (Å²) in [5.41, 5.74) is -0.151. The predicted octanol–water partition coefficient (Wildman–Crippen LogP) is 0.741. The third kappa shape index (κ3) is 2.84. The first-order valence-electron chi connectivity index (χ1n) is 5.19. The summed E-state index contributed by atoms with van der Waals surface area (Å²) in [5, 5.41) is 10.5. The number of nitro groups is 1. The maximum atomic E-state index is 11.9. The average Bonchev–Trinajstić information content (AvgIpc) is 2.81. The molecule has 1 aromatic rings. The Bertz CT molecular complexity index is 532. The van der Waals surface area contributed by atoms with E-state index in [1.807, 2.05) is 0 Å². The van der Waals surface area contributed by atoms with Crippen LogP contribution < -0.4 is 0 Å². The van der Waals surface area contributed by atoms with Crippen LogP contribution in [0.5, 0.6) is 0 Å². The number of non-ortho nitro benzene ring substituents is 1. The third-order valence-electron chi connectivity index (χ3n) is 2.45. The van der Waals surface area contributed by atoms with Crippen molar-refractivity contribution in [3.63, 3.8) is 0 Å². The van der Waals surface area contributed by atoms with Gasteiger partial charge in [0.05, 0.1) is 23.0 Å². The van der Waals surface area contributed by atoms with Crippen LogP contribution in [0.4, 0.5) is 5.69 Å². The molecule has 0 unspecified atom stereocenters. The minimum Gasteiger partial charge on any atom is -0.349 e. The molecule has 1 aliphatic rings. The first kappa shape index (κ1) is 12.9. The molecule has 0 bridgehead atoms. The van der Waals surface area contributed by atoms with Gasteiger partial charge in [0.2, 0.25) is 0 Å². The van der Waals surface area contributed by atoms with Gasteiger partial charge in [0, 0.05) is 12.1 Å². The molecule has 2 rings (SSSR count). The zero-order chi connectivity index (χ0) is 13.2. The van der Waals surface area contributed by atoms with Gasteiger partial charge in [0.15, 0.2) is 16.1 Å². The maximum absolute atomic E-state index is 11.9. The van der Waals surface area contributed by atoms with Crippen LogP contribution in [0.3, 0.4) is 0 Å². The Morgan fingerprint density at radius 1 is 1.22 bits per heavy atom. The van der Waals surface area contributed by atoms with Gasteiger partial charge in [-0.2, -0.15) is 0 Å². The molecule has 0 N–H and O–H groups in total. The zero-order valence-electron chi connectivity index (χ0n) is 9.31. The molecule has 0 spiro atoms. The van der Waals surface area contributed by atoms with Crippen molar-refractivity contribution in [2.45, 2.75) is 11.2 Å².